The monoisotopic (exact) mass is 706 g/mol. The highest BCUT2D eigenvalue weighted by molar-refractivity contribution is 9.10. The number of hydrogen-bond donors (Lipinski definition) is 0. The Hall–Kier alpha value is -3.74. The molecule has 0 spiro atoms. The molecule has 2 aromatic heterocycles. The molecule has 6 aromatic rings. The number of aromatic nitrogens is 2. The van der Waals surface area contributed by atoms with Gasteiger partial charge in [0.1, 0.15) is 0 Å². The summed E-state index contributed by atoms with van der Waals surface area (Å²) in [6.07, 6.45) is 3.89. The summed E-state index contributed by atoms with van der Waals surface area (Å²) in [5, 5.41) is 2.33. The highest BCUT2D eigenvalue weighted by Gasteiger charge is 2.43. The van der Waals surface area contributed by atoms with Gasteiger partial charge in [0.05, 0.1) is 0 Å². The predicted octanol–water partition coefficient (Wildman–Crippen LogP) is 9.98. The summed E-state index contributed by atoms with van der Waals surface area (Å²) in [7, 11) is 4.24. The number of carbonyl (C=O) groups excluding carboxylic acids is 2. The maximum Gasteiger partial charge on any atom is 0.166 e. The van der Waals surface area contributed by atoms with Crippen molar-refractivity contribution in [3.63, 3.8) is 0 Å². The van der Waals surface area contributed by atoms with Gasteiger partial charge in [-0.2, -0.15) is 0 Å². The van der Waals surface area contributed by atoms with E-state index in [1.54, 1.807) is 0 Å². The fourth-order valence-electron chi connectivity index (χ4n) is 7.46. The minimum Gasteiger partial charge on any atom is -0.350 e. The lowest BCUT2D eigenvalue weighted by atomic mass is 9.66. The number of aryl methyl sites for hydroxylation is 2. The molecule has 3 unspecified atom stereocenters. The third-order valence-corrected chi connectivity index (χ3v) is 10.4. The Labute approximate surface area is 274 Å². The Bertz CT molecular complexity index is 2040. The van der Waals surface area contributed by atoms with Crippen LogP contribution in [-0.4, -0.2) is 20.7 Å². The van der Waals surface area contributed by atoms with Gasteiger partial charge < -0.3 is 9.13 Å². The van der Waals surface area contributed by atoms with E-state index in [4.69, 9.17) is 0 Å². The molecule has 7 rings (SSSR count). The molecule has 0 aliphatic heterocycles. The first-order valence-corrected chi connectivity index (χ1v) is 16.6. The molecule has 0 N–H and O–H groups in total. The first-order valence-electron chi connectivity index (χ1n) is 15.0. The Kier molecular flexibility index (Phi) is 7.67. The highest BCUT2D eigenvalue weighted by atomic mass is 79.9. The van der Waals surface area contributed by atoms with Gasteiger partial charge in [0, 0.05) is 86.1 Å². The van der Waals surface area contributed by atoms with Crippen LogP contribution in [0.15, 0.2) is 112 Å². The van der Waals surface area contributed by atoms with Gasteiger partial charge in [-0.3, -0.25) is 9.59 Å². The number of hydrogen-bond acceptors (Lipinski definition) is 2. The fraction of sp³-hybridized carbons (Fsp3) is 0.211. The maximum atomic E-state index is 14.5. The van der Waals surface area contributed by atoms with Crippen molar-refractivity contribution in [1.29, 1.82) is 0 Å². The second kappa shape index (κ2) is 11.6. The molecule has 0 radical (unpaired) electrons. The molecule has 0 saturated heterocycles. The highest BCUT2D eigenvalue weighted by Crippen LogP contribution is 2.53. The van der Waals surface area contributed by atoms with Gasteiger partial charge in [0.15, 0.2) is 11.6 Å². The van der Waals surface area contributed by atoms with Gasteiger partial charge >= 0.3 is 0 Å². The average Bonchev–Trinajstić information content (AvgIpc) is 3.52. The van der Waals surface area contributed by atoms with Crippen molar-refractivity contribution in [1.82, 2.24) is 9.13 Å². The number of Topliss-reactive ketones (excluding diaryl/α,β-unsaturated/α-hetero) is 2. The van der Waals surface area contributed by atoms with Crippen molar-refractivity contribution >= 4 is 65.2 Å². The molecule has 0 amide bonds. The van der Waals surface area contributed by atoms with Crippen LogP contribution in [0.3, 0.4) is 0 Å². The largest absolute Gasteiger partial charge is 0.350 e. The zero-order valence-corrected chi connectivity index (χ0v) is 27.8. The predicted molar refractivity (Wildman–Crippen MR) is 185 cm³/mol. The molecule has 0 bridgehead atoms. The van der Waals surface area contributed by atoms with E-state index in [0.29, 0.717) is 24.8 Å². The lowest BCUT2D eigenvalue weighted by Gasteiger charge is -2.37. The van der Waals surface area contributed by atoms with Crippen LogP contribution in [-0.2, 0) is 14.1 Å². The van der Waals surface area contributed by atoms with Crippen LogP contribution >= 0.6 is 31.9 Å². The number of nitrogens with zero attached hydrogens (tertiary/aromatic N) is 2. The molecule has 1 aliphatic rings. The Balaban J connectivity index is 1.44. The van der Waals surface area contributed by atoms with E-state index in [1.165, 1.54) is 22.2 Å². The van der Waals surface area contributed by atoms with Crippen molar-refractivity contribution in [3.05, 3.63) is 140 Å². The Morgan fingerprint density at radius 2 is 1.39 bits per heavy atom. The van der Waals surface area contributed by atoms with Crippen molar-refractivity contribution in [3.8, 4) is 0 Å². The van der Waals surface area contributed by atoms with Crippen LogP contribution in [0.5, 0.6) is 0 Å². The normalized spacial score (nSPS) is 18.0. The number of rotatable bonds is 7. The van der Waals surface area contributed by atoms with E-state index in [2.05, 4.69) is 97.7 Å². The number of halogens is 2. The number of ketones is 2. The van der Waals surface area contributed by atoms with Gasteiger partial charge in [-0.1, -0.05) is 92.5 Å². The van der Waals surface area contributed by atoms with E-state index in [1.807, 2.05) is 60.7 Å². The van der Waals surface area contributed by atoms with E-state index in [9.17, 15) is 9.59 Å². The average molecular weight is 708 g/mol. The summed E-state index contributed by atoms with van der Waals surface area (Å²) < 4.78 is 6.55. The fourth-order valence-corrected chi connectivity index (χ4v) is 8.18. The Morgan fingerprint density at radius 3 is 2.07 bits per heavy atom. The van der Waals surface area contributed by atoms with E-state index >= 15 is 0 Å². The molecular weight excluding hydrogens is 676 g/mol. The van der Waals surface area contributed by atoms with Gasteiger partial charge in [0.2, 0.25) is 0 Å². The van der Waals surface area contributed by atoms with Crippen molar-refractivity contribution < 1.29 is 9.59 Å². The van der Waals surface area contributed by atoms with Crippen molar-refractivity contribution in [2.45, 2.75) is 31.1 Å². The van der Waals surface area contributed by atoms with E-state index in [0.717, 1.165) is 30.9 Å². The summed E-state index contributed by atoms with van der Waals surface area (Å²) >= 11 is 7.43. The number of fused-ring (bicyclic) bond motifs is 4. The van der Waals surface area contributed by atoms with E-state index < -0.39 is 0 Å². The molecule has 0 fully saturated rings. The van der Waals surface area contributed by atoms with Gasteiger partial charge in [-0.05, 0) is 66.3 Å². The zero-order chi connectivity index (χ0) is 30.5. The van der Waals surface area contributed by atoms with Crippen LogP contribution in [0.25, 0.3) is 21.8 Å². The summed E-state index contributed by atoms with van der Waals surface area (Å²) in [5.41, 5.74) is 7.39. The van der Waals surface area contributed by atoms with Crippen LogP contribution in [0.1, 0.15) is 68.6 Å². The topological polar surface area (TPSA) is 44.0 Å². The summed E-state index contributed by atoms with van der Waals surface area (Å²) in [4.78, 5) is 28.0. The molecule has 220 valence electrons. The molecule has 4 nitrogen and oxygen atoms in total. The molecule has 44 heavy (non-hydrogen) atoms. The second-order valence-corrected chi connectivity index (χ2v) is 13.8. The third kappa shape index (κ3) is 4.98. The first-order chi connectivity index (χ1) is 21.3. The SMILES string of the molecule is Cn1cc(C2CC(C(=O)c3ccccc3)C(CCC(=O)c3ccccc3)c3c2n(C)c2ccc(Br)cc32)c2cc(Br)ccc21. The summed E-state index contributed by atoms with van der Waals surface area (Å²) in [6.45, 7) is 0. The molecule has 3 atom stereocenters. The smallest absolute Gasteiger partial charge is 0.166 e. The van der Waals surface area contributed by atoms with Gasteiger partial charge in [-0.15, -0.1) is 0 Å². The Morgan fingerprint density at radius 1 is 0.773 bits per heavy atom. The van der Waals surface area contributed by atoms with Gasteiger partial charge in [0.25, 0.3) is 0 Å². The first kappa shape index (κ1) is 29.0. The standard InChI is InChI=1S/C38H32Br2N2O2/c1-41-22-32(28-19-25(39)13-16-33(28)41)29-21-30(38(44)24-11-7-4-8-12-24)27(15-18-35(43)23-9-5-3-6-10-23)36-31-20-26(40)14-17-34(31)42(2)37(29)36/h3-14,16-17,19-20,22,27,29-30H,15,18,21H2,1-2H3. The molecular formula is C38H32Br2N2O2. The molecule has 2 heterocycles. The molecule has 6 heteroatoms. The molecule has 4 aromatic carbocycles. The summed E-state index contributed by atoms with van der Waals surface area (Å²) in [5.74, 6) is -0.142. The van der Waals surface area contributed by atoms with Crippen LogP contribution in [0, 0.1) is 5.92 Å². The molecule has 0 saturated carbocycles. The van der Waals surface area contributed by atoms with Crippen molar-refractivity contribution in [2.24, 2.45) is 20.0 Å². The maximum absolute atomic E-state index is 14.5. The molecule has 1 aliphatic carbocycles. The van der Waals surface area contributed by atoms with Crippen LogP contribution in [0.4, 0.5) is 0 Å². The lowest BCUT2D eigenvalue weighted by Crippen LogP contribution is -2.31. The van der Waals surface area contributed by atoms with E-state index in [-0.39, 0.29) is 29.3 Å². The minimum absolute atomic E-state index is 0.00193. The van der Waals surface area contributed by atoms with Gasteiger partial charge in [-0.25, -0.2) is 0 Å². The number of carbonyl (C=O) groups is 2. The summed E-state index contributed by atoms with van der Waals surface area (Å²) in [6, 6.07) is 32.0. The van der Waals surface area contributed by atoms with Crippen LogP contribution < -0.4 is 0 Å². The van der Waals surface area contributed by atoms with Crippen molar-refractivity contribution in [2.75, 3.05) is 0 Å². The minimum atomic E-state index is -0.287. The quantitative estimate of drug-likeness (QED) is 0.155. The van der Waals surface area contributed by atoms with Crippen LogP contribution in [0.2, 0.25) is 0 Å². The second-order valence-electron chi connectivity index (χ2n) is 11.9. The lowest BCUT2D eigenvalue weighted by molar-refractivity contribution is 0.0862. The third-order valence-electron chi connectivity index (χ3n) is 9.45. The number of benzene rings is 4. The zero-order valence-electron chi connectivity index (χ0n) is 24.6.